The minimum absolute atomic E-state index is 0.210. The van der Waals surface area contributed by atoms with Crippen molar-refractivity contribution in [2.45, 2.75) is 39.0 Å². The normalized spacial score (nSPS) is 12.7. The van der Waals surface area contributed by atoms with E-state index in [0.717, 1.165) is 37.2 Å². The Morgan fingerprint density at radius 1 is 1.28 bits per heavy atom. The van der Waals surface area contributed by atoms with Crippen molar-refractivity contribution in [2.75, 3.05) is 26.8 Å². The lowest BCUT2D eigenvalue weighted by Crippen LogP contribution is -2.33. The molecule has 0 saturated heterocycles. The van der Waals surface area contributed by atoms with E-state index in [4.69, 9.17) is 4.74 Å². The molecule has 5 heteroatoms. The molecule has 0 fully saturated rings. The second-order valence-electron chi connectivity index (χ2n) is 6.40. The highest BCUT2D eigenvalue weighted by atomic mass is 19.1. The van der Waals surface area contributed by atoms with Crippen molar-refractivity contribution in [3.8, 4) is 0 Å². The average molecular weight is 348 g/mol. The maximum atomic E-state index is 13.4. The Balaban J connectivity index is 2.04. The largest absolute Gasteiger partial charge is 0.392 e. The van der Waals surface area contributed by atoms with E-state index in [1.165, 1.54) is 6.07 Å². The molecule has 0 radical (unpaired) electrons. The first-order chi connectivity index (χ1) is 12.1. The average Bonchev–Trinajstić information content (AvgIpc) is 3.01. The van der Waals surface area contributed by atoms with E-state index in [2.05, 4.69) is 15.5 Å². The van der Waals surface area contributed by atoms with Crippen molar-refractivity contribution < 1.29 is 14.2 Å². The number of rotatable bonds is 11. The molecule has 1 aromatic carbocycles. The molecule has 2 rings (SSSR count). The molecule has 0 aliphatic carbocycles. The highest BCUT2D eigenvalue weighted by Crippen LogP contribution is 2.13. The van der Waals surface area contributed by atoms with Crippen LogP contribution in [0.4, 0.5) is 4.39 Å². The van der Waals surface area contributed by atoms with Gasteiger partial charge in [-0.3, -0.25) is 4.90 Å². The molecule has 0 aliphatic heterocycles. The molecular weight excluding hydrogens is 319 g/mol. The predicted octanol–water partition coefficient (Wildman–Crippen LogP) is 3.28. The number of hydrogen-bond acceptors (Lipinski definition) is 3. The Bertz CT molecular complexity index is 630. The first kappa shape index (κ1) is 19.6. The lowest BCUT2D eigenvalue weighted by atomic mass is 10.2. The molecule has 0 saturated carbocycles. The predicted molar refractivity (Wildman–Crippen MR) is 98.0 cm³/mol. The number of methoxy groups -OCH3 is 1. The Morgan fingerprint density at radius 2 is 2.12 bits per heavy atom. The zero-order valence-electron chi connectivity index (χ0n) is 15.2. The van der Waals surface area contributed by atoms with Crippen LogP contribution in [0.1, 0.15) is 31.0 Å². The summed E-state index contributed by atoms with van der Waals surface area (Å²) in [7, 11) is 1.70. The first-order valence-electron chi connectivity index (χ1n) is 8.90. The molecule has 2 aromatic rings. The molecule has 138 valence electrons. The summed E-state index contributed by atoms with van der Waals surface area (Å²) < 4.78 is 20.7. The summed E-state index contributed by atoms with van der Waals surface area (Å²) in [5.41, 5.74) is 2.10. The van der Waals surface area contributed by atoms with Crippen LogP contribution >= 0.6 is 0 Å². The number of hydrogen-bond donors (Lipinski definition) is 1. The Morgan fingerprint density at radius 3 is 2.84 bits per heavy atom. The van der Waals surface area contributed by atoms with Gasteiger partial charge in [0.2, 0.25) is 0 Å². The van der Waals surface area contributed by atoms with Crippen molar-refractivity contribution in [1.29, 1.82) is 0 Å². The summed E-state index contributed by atoms with van der Waals surface area (Å²) in [4.78, 5) is 2.25. The smallest absolute Gasteiger partial charge is 0.123 e. The molecule has 0 bridgehead atoms. The van der Waals surface area contributed by atoms with Gasteiger partial charge < -0.3 is 14.4 Å². The molecular formula is C20H29FN2O2. The van der Waals surface area contributed by atoms with Crippen LogP contribution in [0.15, 0.2) is 42.6 Å². The number of benzene rings is 1. The zero-order valence-corrected chi connectivity index (χ0v) is 15.2. The Hall–Kier alpha value is -1.69. The zero-order chi connectivity index (χ0) is 18.1. The third-order valence-electron chi connectivity index (χ3n) is 4.31. The van der Waals surface area contributed by atoms with Gasteiger partial charge in [-0.1, -0.05) is 19.1 Å². The van der Waals surface area contributed by atoms with Crippen molar-refractivity contribution in [3.05, 3.63) is 59.7 Å². The standard InChI is InChI=1S/C20H29FN2O2/c1-3-20(24)16-22(10-6-12-25-2)15-19-9-5-11-23(19)14-17-7-4-8-18(21)13-17/h4-5,7-9,11,13,20,24H,3,6,10,12,14-16H2,1-2H3/t20-/m1/s1. The van der Waals surface area contributed by atoms with Crippen molar-refractivity contribution in [1.82, 2.24) is 9.47 Å². The monoisotopic (exact) mass is 348 g/mol. The SMILES string of the molecule is CC[C@@H](O)CN(CCCOC)Cc1cccn1Cc1cccc(F)c1. The summed E-state index contributed by atoms with van der Waals surface area (Å²) >= 11 is 0. The van der Waals surface area contributed by atoms with Gasteiger partial charge in [-0.15, -0.1) is 0 Å². The molecule has 1 atom stereocenters. The molecule has 0 unspecified atom stereocenters. The minimum Gasteiger partial charge on any atom is -0.392 e. The maximum Gasteiger partial charge on any atom is 0.123 e. The van der Waals surface area contributed by atoms with Crippen molar-refractivity contribution in [2.24, 2.45) is 0 Å². The van der Waals surface area contributed by atoms with Gasteiger partial charge in [-0.25, -0.2) is 4.39 Å². The van der Waals surface area contributed by atoms with E-state index >= 15 is 0 Å². The number of halogens is 1. The third-order valence-corrected chi connectivity index (χ3v) is 4.31. The lowest BCUT2D eigenvalue weighted by molar-refractivity contribution is 0.0956. The van der Waals surface area contributed by atoms with Gasteiger partial charge in [0.05, 0.1) is 6.10 Å². The third kappa shape index (κ3) is 6.61. The fourth-order valence-electron chi connectivity index (χ4n) is 2.90. The number of aliphatic hydroxyl groups is 1. The van der Waals surface area contributed by atoms with Gasteiger partial charge in [0.25, 0.3) is 0 Å². The van der Waals surface area contributed by atoms with Crippen LogP contribution in [0, 0.1) is 5.82 Å². The van der Waals surface area contributed by atoms with Crippen LogP contribution in [0.2, 0.25) is 0 Å². The van der Waals surface area contributed by atoms with E-state index in [-0.39, 0.29) is 11.9 Å². The Labute approximate surface area is 149 Å². The molecule has 25 heavy (non-hydrogen) atoms. The van der Waals surface area contributed by atoms with Crippen LogP contribution in [0.5, 0.6) is 0 Å². The number of aliphatic hydroxyl groups excluding tert-OH is 1. The second kappa shape index (κ2) is 10.3. The fraction of sp³-hybridized carbons (Fsp3) is 0.500. The van der Waals surface area contributed by atoms with Crippen LogP contribution in [-0.2, 0) is 17.8 Å². The highest BCUT2D eigenvalue weighted by molar-refractivity contribution is 5.18. The van der Waals surface area contributed by atoms with Crippen molar-refractivity contribution >= 4 is 0 Å². The maximum absolute atomic E-state index is 13.4. The van der Waals surface area contributed by atoms with Gasteiger partial charge in [0.1, 0.15) is 5.82 Å². The topological polar surface area (TPSA) is 37.6 Å². The van der Waals surface area contributed by atoms with Crippen LogP contribution < -0.4 is 0 Å². The summed E-state index contributed by atoms with van der Waals surface area (Å²) in [6, 6.07) is 10.8. The number of aromatic nitrogens is 1. The van der Waals surface area contributed by atoms with E-state index in [9.17, 15) is 9.50 Å². The van der Waals surface area contributed by atoms with Crippen LogP contribution in [-0.4, -0.2) is 47.5 Å². The van der Waals surface area contributed by atoms with Gasteiger partial charge in [0.15, 0.2) is 0 Å². The van der Waals surface area contributed by atoms with Crippen molar-refractivity contribution in [3.63, 3.8) is 0 Å². The molecule has 0 spiro atoms. The van der Waals surface area contributed by atoms with E-state index < -0.39 is 0 Å². The molecule has 1 aromatic heterocycles. The van der Waals surface area contributed by atoms with E-state index in [1.54, 1.807) is 19.2 Å². The molecule has 1 heterocycles. The summed E-state index contributed by atoms with van der Waals surface area (Å²) in [6.45, 7) is 5.61. The van der Waals surface area contributed by atoms with E-state index in [1.807, 2.05) is 25.3 Å². The van der Waals surface area contributed by atoms with Gasteiger partial charge in [0, 0.05) is 51.8 Å². The van der Waals surface area contributed by atoms with Gasteiger partial charge in [-0.2, -0.15) is 0 Å². The lowest BCUT2D eigenvalue weighted by Gasteiger charge is -2.25. The Kier molecular flexibility index (Phi) is 8.12. The molecule has 0 aliphatic rings. The summed E-state index contributed by atoms with van der Waals surface area (Å²) in [5.74, 6) is -0.210. The minimum atomic E-state index is -0.325. The first-order valence-corrected chi connectivity index (χ1v) is 8.90. The van der Waals surface area contributed by atoms with Crippen LogP contribution in [0.3, 0.4) is 0 Å². The quantitative estimate of drug-likeness (QED) is 0.633. The molecule has 4 nitrogen and oxygen atoms in total. The van der Waals surface area contributed by atoms with Gasteiger partial charge >= 0.3 is 0 Å². The molecule has 0 amide bonds. The molecule has 1 N–H and O–H groups in total. The van der Waals surface area contributed by atoms with Crippen LogP contribution in [0.25, 0.3) is 0 Å². The summed E-state index contributed by atoms with van der Waals surface area (Å²) in [6.07, 6.45) is 3.36. The number of ether oxygens (including phenoxy) is 1. The second-order valence-corrected chi connectivity index (χ2v) is 6.40. The summed E-state index contributed by atoms with van der Waals surface area (Å²) in [5, 5.41) is 10.0. The van der Waals surface area contributed by atoms with E-state index in [0.29, 0.717) is 19.7 Å². The van der Waals surface area contributed by atoms with Gasteiger partial charge in [-0.05, 0) is 42.7 Å². The fourth-order valence-corrected chi connectivity index (χ4v) is 2.90. The highest BCUT2D eigenvalue weighted by Gasteiger charge is 2.13. The number of nitrogens with zero attached hydrogens (tertiary/aromatic N) is 2.